The second kappa shape index (κ2) is 7.76. The highest BCUT2D eigenvalue weighted by Gasteiger charge is 2.39. The summed E-state index contributed by atoms with van der Waals surface area (Å²) in [6.45, 7) is 3.08. The highest BCUT2D eigenvalue weighted by molar-refractivity contribution is 7.91. The lowest BCUT2D eigenvalue weighted by Crippen LogP contribution is -2.40. The zero-order chi connectivity index (χ0) is 20.8. The number of aryl methyl sites for hydroxylation is 1. The van der Waals surface area contributed by atoms with Gasteiger partial charge in [-0.15, -0.1) is 0 Å². The van der Waals surface area contributed by atoms with Crippen LogP contribution in [0.2, 0.25) is 0 Å². The Morgan fingerprint density at radius 3 is 2.73 bits per heavy atom. The van der Waals surface area contributed by atoms with Crippen molar-refractivity contribution >= 4 is 28.0 Å². The van der Waals surface area contributed by atoms with Crippen LogP contribution in [-0.2, 0) is 11.2 Å². The first-order chi connectivity index (χ1) is 14.5. The molecule has 156 valence electrons. The van der Waals surface area contributed by atoms with Gasteiger partial charge in [-0.25, -0.2) is 4.79 Å². The van der Waals surface area contributed by atoms with Crippen molar-refractivity contribution in [2.24, 2.45) is 0 Å². The molecule has 2 aromatic carbocycles. The van der Waals surface area contributed by atoms with Gasteiger partial charge < -0.3 is 14.6 Å². The summed E-state index contributed by atoms with van der Waals surface area (Å²) in [4.78, 5) is 18.2. The first-order valence-electron chi connectivity index (χ1n) is 10.6. The number of carbonyl (C=O) groups is 1. The van der Waals surface area contributed by atoms with Gasteiger partial charge in [0.05, 0.1) is 5.56 Å². The maximum atomic E-state index is 12.9. The standard InChI is InChI=1S/C24H26N2O3S/c1-15-14-21-22(18-9-11-25-23(15)18)20(10-13-30(21)29)26-12-3-2-4-19(26)16-5-7-17(8-6-16)24(27)28/h5-9,11,14,19-20,25H,2-4,10,12-13H2,1H3,(H,27,28). The van der Waals surface area contributed by atoms with Crippen molar-refractivity contribution < 1.29 is 14.5 Å². The van der Waals surface area contributed by atoms with Gasteiger partial charge in [-0.05, 0) is 72.9 Å². The molecular formula is C24H26N2O3S. The van der Waals surface area contributed by atoms with E-state index in [4.69, 9.17) is 0 Å². The van der Waals surface area contributed by atoms with Gasteiger partial charge in [0, 0.05) is 41.2 Å². The fourth-order valence-electron chi connectivity index (χ4n) is 5.27. The van der Waals surface area contributed by atoms with E-state index in [0.717, 1.165) is 41.8 Å². The molecule has 3 atom stereocenters. The van der Waals surface area contributed by atoms with Crippen molar-refractivity contribution in [1.29, 1.82) is 0 Å². The number of fused-ring (bicyclic) bond motifs is 3. The molecule has 1 aromatic heterocycles. The van der Waals surface area contributed by atoms with E-state index in [9.17, 15) is 14.5 Å². The molecule has 0 saturated carbocycles. The number of likely N-dealkylation sites (tertiary alicyclic amines) is 1. The number of aromatic amines is 1. The molecule has 2 aliphatic rings. The van der Waals surface area contributed by atoms with E-state index < -0.39 is 17.1 Å². The second-order valence-electron chi connectivity index (χ2n) is 8.40. The van der Waals surface area contributed by atoms with Gasteiger partial charge in [-0.2, -0.15) is 0 Å². The van der Waals surface area contributed by atoms with Crippen LogP contribution in [0.1, 0.15) is 64.8 Å². The predicted molar refractivity (Wildman–Crippen MR) is 118 cm³/mol. The Bertz CT molecular complexity index is 1090. The number of H-pyrrole nitrogens is 1. The third-order valence-corrected chi connectivity index (χ3v) is 8.12. The molecule has 5 rings (SSSR count). The molecule has 2 aliphatic heterocycles. The van der Waals surface area contributed by atoms with E-state index >= 15 is 0 Å². The normalized spacial score (nSPS) is 24.7. The van der Waals surface area contributed by atoms with Crippen LogP contribution in [0, 0.1) is 6.92 Å². The zero-order valence-electron chi connectivity index (χ0n) is 17.1. The molecule has 5 nitrogen and oxygen atoms in total. The van der Waals surface area contributed by atoms with Crippen molar-refractivity contribution in [2.75, 3.05) is 12.3 Å². The number of benzene rings is 2. The number of piperidine rings is 1. The van der Waals surface area contributed by atoms with Crippen LogP contribution in [0.4, 0.5) is 0 Å². The molecule has 3 heterocycles. The monoisotopic (exact) mass is 422 g/mol. The van der Waals surface area contributed by atoms with Crippen LogP contribution >= 0.6 is 0 Å². The number of rotatable bonds is 3. The van der Waals surface area contributed by atoms with E-state index in [2.05, 4.69) is 28.9 Å². The summed E-state index contributed by atoms with van der Waals surface area (Å²) in [6, 6.07) is 12.1. The predicted octanol–water partition coefficient (Wildman–Crippen LogP) is 4.95. The highest BCUT2D eigenvalue weighted by Crippen LogP contribution is 2.46. The van der Waals surface area contributed by atoms with Crippen molar-refractivity contribution in [3.63, 3.8) is 0 Å². The number of carboxylic acids is 1. The van der Waals surface area contributed by atoms with E-state index in [1.165, 1.54) is 22.9 Å². The molecule has 3 unspecified atom stereocenters. The molecule has 30 heavy (non-hydrogen) atoms. The second-order valence-corrected chi connectivity index (χ2v) is 9.94. The Hall–Kier alpha value is -2.28. The Morgan fingerprint density at radius 2 is 1.97 bits per heavy atom. The minimum absolute atomic E-state index is 0.223. The Labute approximate surface area is 179 Å². The summed E-state index contributed by atoms with van der Waals surface area (Å²) in [5.74, 6) is -0.204. The van der Waals surface area contributed by atoms with Crippen molar-refractivity contribution in [3.05, 3.63) is 64.8 Å². The minimum Gasteiger partial charge on any atom is -0.611 e. The first kappa shape index (κ1) is 19.7. The third kappa shape index (κ3) is 3.23. The minimum atomic E-state index is -0.961. The lowest BCUT2D eigenvalue weighted by Gasteiger charge is -2.43. The van der Waals surface area contributed by atoms with Gasteiger partial charge in [0.15, 0.2) is 4.90 Å². The number of carboxylic acid groups (broad SMARTS) is 1. The van der Waals surface area contributed by atoms with E-state index in [1.54, 1.807) is 12.1 Å². The number of hydrogen-bond acceptors (Lipinski definition) is 3. The van der Waals surface area contributed by atoms with Crippen LogP contribution in [0.25, 0.3) is 10.9 Å². The lowest BCUT2D eigenvalue weighted by atomic mass is 9.89. The van der Waals surface area contributed by atoms with Gasteiger partial charge in [-0.3, -0.25) is 4.90 Å². The summed E-state index contributed by atoms with van der Waals surface area (Å²) in [7, 11) is 0. The van der Waals surface area contributed by atoms with Gasteiger partial charge in [0.2, 0.25) is 0 Å². The largest absolute Gasteiger partial charge is 0.611 e. The maximum absolute atomic E-state index is 12.9. The van der Waals surface area contributed by atoms with E-state index in [1.807, 2.05) is 18.3 Å². The van der Waals surface area contributed by atoms with Gasteiger partial charge in [0.1, 0.15) is 5.75 Å². The van der Waals surface area contributed by atoms with Crippen molar-refractivity contribution in [3.8, 4) is 0 Å². The fraction of sp³-hybridized carbons (Fsp3) is 0.375. The third-order valence-electron chi connectivity index (χ3n) is 6.69. The van der Waals surface area contributed by atoms with Crippen LogP contribution in [0.3, 0.4) is 0 Å². The molecule has 1 fully saturated rings. The summed E-state index contributed by atoms with van der Waals surface area (Å²) in [5.41, 5.74) is 4.99. The van der Waals surface area contributed by atoms with Crippen LogP contribution < -0.4 is 0 Å². The van der Waals surface area contributed by atoms with Gasteiger partial charge >= 0.3 is 5.97 Å². The number of aromatic nitrogens is 1. The molecule has 0 spiro atoms. The van der Waals surface area contributed by atoms with Crippen LogP contribution in [0.15, 0.2) is 47.5 Å². The van der Waals surface area contributed by atoms with Crippen molar-refractivity contribution in [1.82, 2.24) is 9.88 Å². The molecule has 0 radical (unpaired) electrons. The molecule has 0 aliphatic carbocycles. The quantitative estimate of drug-likeness (QED) is 0.585. The lowest BCUT2D eigenvalue weighted by molar-refractivity contribution is 0.0696. The fourth-order valence-corrected chi connectivity index (χ4v) is 6.73. The number of hydrogen-bond donors (Lipinski definition) is 2. The summed E-state index contributed by atoms with van der Waals surface area (Å²) in [5, 5.41) is 10.4. The molecule has 2 N–H and O–H groups in total. The average Bonchev–Trinajstić information content (AvgIpc) is 3.26. The first-order valence-corrected chi connectivity index (χ1v) is 11.9. The van der Waals surface area contributed by atoms with Gasteiger partial charge in [-0.1, -0.05) is 18.6 Å². The number of aromatic carboxylic acids is 1. The Morgan fingerprint density at radius 1 is 1.17 bits per heavy atom. The smallest absolute Gasteiger partial charge is 0.335 e. The highest BCUT2D eigenvalue weighted by atomic mass is 32.2. The summed E-state index contributed by atoms with van der Waals surface area (Å²) < 4.78 is 12.9. The SMILES string of the molecule is Cc1cc2c(c3cc[nH]c13)C(N1CCCCC1c1ccc(C(=O)O)cc1)CC[S+]2[O-]. The number of nitrogens with zero attached hydrogens (tertiary/aromatic N) is 1. The molecule has 0 bridgehead atoms. The maximum Gasteiger partial charge on any atom is 0.335 e. The molecular weight excluding hydrogens is 396 g/mol. The topological polar surface area (TPSA) is 79.4 Å². The van der Waals surface area contributed by atoms with Crippen molar-refractivity contribution in [2.45, 2.75) is 49.6 Å². The summed E-state index contributed by atoms with van der Waals surface area (Å²) in [6.07, 6.45) is 6.24. The van der Waals surface area contributed by atoms with Gasteiger partial charge in [0.25, 0.3) is 0 Å². The Balaban J connectivity index is 1.58. The molecule has 0 amide bonds. The number of nitrogens with one attached hydrogen (secondary N) is 1. The van der Waals surface area contributed by atoms with Crippen LogP contribution in [-0.4, -0.2) is 37.8 Å². The Kier molecular flexibility index (Phi) is 5.09. The molecule has 3 aromatic rings. The molecule has 6 heteroatoms. The van der Waals surface area contributed by atoms with Crippen LogP contribution in [0.5, 0.6) is 0 Å². The zero-order valence-corrected chi connectivity index (χ0v) is 17.9. The summed E-state index contributed by atoms with van der Waals surface area (Å²) >= 11 is -0.961. The van der Waals surface area contributed by atoms with E-state index in [0.29, 0.717) is 11.3 Å². The average molecular weight is 423 g/mol. The molecule has 1 saturated heterocycles. The van der Waals surface area contributed by atoms with E-state index in [-0.39, 0.29) is 12.1 Å².